The van der Waals surface area contributed by atoms with Crippen LogP contribution in [0.4, 0.5) is 0 Å². The van der Waals surface area contributed by atoms with Gasteiger partial charge >= 0.3 is 0 Å². The van der Waals surface area contributed by atoms with Crippen LogP contribution >= 0.6 is 9.90 Å². The molecule has 0 aliphatic carbocycles. The van der Waals surface area contributed by atoms with Crippen molar-refractivity contribution in [2.75, 3.05) is 0 Å². The van der Waals surface area contributed by atoms with Crippen molar-refractivity contribution in [1.29, 1.82) is 0 Å². The predicted octanol–water partition coefficient (Wildman–Crippen LogP) is -0.163. The van der Waals surface area contributed by atoms with Gasteiger partial charge in [0.2, 0.25) is 0 Å². The molecular formula is H6CaCuNP. The van der Waals surface area contributed by atoms with Gasteiger partial charge in [-0.05, 0) is 0 Å². The van der Waals surface area contributed by atoms with Crippen molar-refractivity contribution < 1.29 is 17.1 Å². The van der Waals surface area contributed by atoms with Crippen LogP contribution in [0.5, 0.6) is 0 Å². The first-order valence-electron chi connectivity index (χ1n) is 0. The number of hydrogen-bond acceptors (Lipinski definition) is 1. The molecule has 3 radical (unpaired) electrons. The van der Waals surface area contributed by atoms with Gasteiger partial charge in [0.05, 0.1) is 0 Å². The molecule has 0 aliphatic heterocycles. The first kappa shape index (κ1) is 35.0. The predicted molar refractivity (Wildman–Crippen MR) is 21.9 cm³/mol. The third-order valence-electron chi connectivity index (χ3n) is 0. The van der Waals surface area contributed by atoms with E-state index < -0.39 is 0 Å². The third-order valence-corrected chi connectivity index (χ3v) is 0. The van der Waals surface area contributed by atoms with Crippen LogP contribution in [0.2, 0.25) is 0 Å². The summed E-state index contributed by atoms with van der Waals surface area (Å²) in [5.74, 6) is 0. The van der Waals surface area contributed by atoms with Gasteiger partial charge in [-0.2, -0.15) is 9.90 Å². The van der Waals surface area contributed by atoms with E-state index in [0.717, 1.165) is 0 Å². The second-order valence-electron chi connectivity index (χ2n) is 0. The summed E-state index contributed by atoms with van der Waals surface area (Å²) in [6, 6.07) is 0. The molecular weight excluding hydrogens is 149 g/mol. The Kier molecular flexibility index (Phi) is 167. The SMILES string of the molecule is N.P.[Ca].[Cu]. The minimum Gasteiger partial charge on any atom is -0.344 e. The van der Waals surface area contributed by atoms with Crippen LogP contribution in [0.3, 0.4) is 0 Å². The van der Waals surface area contributed by atoms with E-state index >= 15 is 0 Å². The Bertz CT molecular complexity index is 8.00. The first-order valence-corrected chi connectivity index (χ1v) is 0. The standard InChI is InChI=1S/Ca.Cu.H3N.H3P/h;;2*1H3. The summed E-state index contributed by atoms with van der Waals surface area (Å²) < 4.78 is 0. The first-order chi connectivity index (χ1) is 0. The molecule has 4 heavy (non-hydrogen) atoms. The average molecular weight is 155 g/mol. The van der Waals surface area contributed by atoms with E-state index in [1.165, 1.54) is 0 Å². The maximum Gasteiger partial charge on any atom is 0 e. The molecule has 0 aromatic carbocycles. The summed E-state index contributed by atoms with van der Waals surface area (Å²) >= 11 is 0. The van der Waals surface area contributed by atoms with Crippen molar-refractivity contribution in [3.63, 3.8) is 0 Å². The molecule has 1 unspecified atom stereocenters. The van der Waals surface area contributed by atoms with Gasteiger partial charge in [0.25, 0.3) is 0 Å². The Morgan fingerprint density at radius 1 is 1.00 bits per heavy atom. The molecule has 1 atom stereocenters. The zero-order valence-corrected chi connectivity index (χ0v) is 6.99. The van der Waals surface area contributed by atoms with E-state index in [0.29, 0.717) is 0 Å². The smallest absolute Gasteiger partial charge is 0 e. The average Bonchev–Trinajstić information content (AvgIpc) is 0. The number of rotatable bonds is 0. The van der Waals surface area contributed by atoms with E-state index in [1.807, 2.05) is 0 Å². The minimum absolute atomic E-state index is 0. The molecule has 0 bridgehead atoms. The second-order valence-corrected chi connectivity index (χ2v) is 0. The maximum absolute atomic E-state index is 0. The molecule has 4 heteroatoms. The summed E-state index contributed by atoms with van der Waals surface area (Å²) in [6.45, 7) is 0. The van der Waals surface area contributed by atoms with Gasteiger partial charge in [0.15, 0.2) is 0 Å². The van der Waals surface area contributed by atoms with E-state index in [-0.39, 0.29) is 70.9 Å². The molecule has 0 saturated carbocycles. The molecule has 0 saturated heterocycles. The van der Waals surface area contributed by atoms with E-state index in [9.17, 15) is 0 Å². The van der Waals surface area contributed by atoms with Crippen LogP contribution in [0, 0.1) is 0 Å². The summed E-state index contributed by atoms with van der Waals surface area (Å²) in [5, 5.41) is 0. The molecule has 29 valence electrons. The molecule has 0 amide bonds. The Morgan fingerprint density at radius 2 is 1.00 bits per heavy atom. The van der Waals surface area contributed by atoms with Crippen LogP contribution in [-0.4, -0.2) is 37.7 Å². The van der Waals surface area contributed by atoms with Gasteiger partial charge in [0, 0.05) is 54.8 Å². The minimum atomic E-state index is 0. The molecule has 0 fully saturated rings. The molecule has 1 nitrogen and oxygen atoms in total. The topological polar surface area (TPSA) is 35.0 Å². The molecule has 3 N–H and O–H groups in total. The van der Waals surface area contributed by atoms with Crippen molar-refractivity contribution in [2.24, 2.45) is 0 Å². The second kappa shape index (κ2) is 19.1. The molecule has 0 aliphatic rings. The van der Waals surface area contributed by atoms with Crippen molar-refractivity contribution >= 4 is 47.6 Å². The van der Waals surface area contributed by atoms with E-state index in [4.69, 9.17) is 0 Å². The largest absolute Gasteiger partial charge is 0.344 e. The third kappa shape index (κ3) is 8.90. The van der Waals surface area contributed by atoms with Gasteiger partial charge < -0.3 is 6.15 Å². The number of hydrogen-bond donors (Lipinski definition) is 1. The molecule has 0 heterocycles. The summed E-state index contributed by atoms with van der Waals surface area (Å²) in [4.78, 5) is 0. The van der Waals surface area contributed by atoms with Crippen LogP contribution in [-0.2, 0) is 17.1 Å². The van der Waals surface area contributed by atoms with Gasteiger partial charge in [-0.15, -0.1) is 0 Å². The molecule has 0 rings (SSSR count). The van der Waals surface area contributed by atoms with Crippen molar-refractivity contribution in [3.8, 4) is 0 Å². The van der Waals surface area contributed by atoms with Crippen LogP contribution in [0.1, 0.15) is 0 Å². The quantitative estimate of drug-likeness (QED) is 0.382. The zero-order valence-electron chi connectivity index (χ0n) is 2.42. The summed E-state index contributed by atoms with van der Waals surface area (Å²) in [7, 11) is 0. The van der Waals surface area contributed by atoms with Crippen molar-refractivity contribution in [3.05, 3.63) is 0 Å². The van der Waals surface area contributed by atoms with Crippen molar-refractivity contribution in [2.45, 2.75) is 0 Å². The Balaban J connectivity index is 0. The van der Waals surface area contributed by atoms with Gasteiger partial charge in [-0.3, -0.25) is 0 Å². The fraction of sp³-hybridized carbons (Fsp3) is 0. The Morgan fingerprint density at radius 3 is 1.00 bits per heavy atom. The van der Waals surface area contributed by atoms with Crippen LogP contribution in [0.25, 0.3) is 0 Å². The molecule has 0 spiro atoms. The fourth-order valence-electron chi connectivity index (χ4n) is 0. The summed E-state index contributed by atoms with van der Waals surface area (Å²) in [6.07, 6.45) is 0. The van der Waals surface area contributed by atoms with Crippen LogP contribution in [0.15, 0.2) is 0 Å². The van der Waals surface area contributed by atoms with Gasteiger partial charge in [-0.25, -0.2) is 0 Å². The Hall–Kier alpha value is 2.17. The van der Waals surface area contributed by atoms with E-state index in [1.54, 1.807) is 0 Å². The van der Waals surface area contributed by atoms with Gasteiger partial charge in [-0.1, -0.05) is 0 Å². The normalized spacial score (nSPS) is 0. The Labute approximate surface area is 70.0 Å². The summed E-state index contributed by atoms with van der Waals surface area (Å²) in [5.41, 5.74) is 0. The molecule has 0 aromatic rings. The molecule has 0 aromatic heterocycles. The maximum atomic E-state index is 0. The van der Waals surface area contributed by atoms with Crippen molar-refractivity contribution in [1.82, 2.24) is 6.15 Å². The fourth-order valence-corrected chi connectivity index (χ4v) is 0. The van der Waals surface area contributed by atoms with E-state index in [2.05, 4.69) is 0 Å². The zero-order chi connectivity index (χ0) is 0. The monoisotopic (exact) mass is 154 g/mol. The van der Waals surface area contributed by atoms with Gasteiger partial charge in [0.1, 0.15) is 0 Å². The van der Waals surface area contributed by atoms with Crippen LogP contribution < -0.4 is 6.15 Å².